The van der Waals surface area contributed by atoms with E-state index in [-0.39, 0.29) is 12.5 Å². The van der Waals surface area contributed by atoms with Crippen LogP contribution in [0, 0.1) is 5.92 Å². The van der Waals surface area contributed by atoms with Crippen molar-refractivity contribution in [1.29, 1.82) is 0 Å². The molecule has 0 saturated heterocycles. The fourth-order valence-corrected chi connectivity index (χ4v) is 4.95. The lowest BCUT2D eigenvalue weighted by Gasteiger charge is -2.27. The minimum Gasteiger partial charge on any atom is -0.497 e. The number of ether oxygens (including phenoxy) is 2. The third-order valence-corrected chi connectivity index (χ3v) is 6.84. The van der Waals surface area contributed by atoms with Crippen molar-refractivity contribution in [2.45, 2.75) is 19.7 Å². The Morgan fingerprint density at radius 1 is 1.04 bits per heavy atom. The summed E-state index contributed by atoms with van der Waals surface area (Å²) in [5, 5.41) is 11.6. The Hall–Kier alpha value is -2.01. The first-order valence-corrected chi connectivity index (χ1v) is 10.8. The van der Waals surface area contributed by atoms with Crippen molar-refractivity contribution in [3.05, 3.63) is 48.0 Å². The molecule has 1 N–H and O–H groups in total. The van der Waals surface area contributed by atoms with Crippen LogP contribution in [0.4, 0.5) is 5.69 Å². The minimum atomic E-state index is -3.66. The monoisotopic (exact) mass is 407 g/mol. The topological polar surface area (TPSA) is 68.2 Å². The molecule has 0 aromatic heterocycles. The summed E-state index contributed by atoms with van der Waals surface area (Å²) in [6, 6.07) is 12.2. The zero-order chi connectivity index (χ0) is 20.9. The number of hydrogen-bond donors (Lipinski definition) is 1. The third kappa shape index (κ3) is 4.88. The smallest absolute Gasteiger partial charge is 0.264 e. The van der Waals surface area contributed by atoms with E-state index in [1.165, 1.54) is 14.2 Å². The SMILES string of the molecule is COc1ccc(OC)c([C@@H](O)[P@](=O)(OCC(C)C)c2ccc(N(C)C)cc2)c1. The van der Waals surface area contributed by atoms with Crippen LogP contribution in [-0.4, -0.2) is 40.0 Å². The molecule has 154 valence electrons. The van der Waals surface area contributed by atoms with Gasteiger partial charge in [0.1, 0.15) is 11.5 Å². The van der Waals surface area contributed by atoms with Crippen LogP contribution in [0.25, 0.3) is 0 Å². The Morgan fingerprint density at radius 3 is 2.18 bits per heavy atom. The molecule has 2 aromatic carbocycles. The summed E-state index contributed by atoms with van der Waals surface area (Å²) in [6.45, 7) is 4.20. The summed E-state index contributed by atoms with van der Waals surface area (Å²) in [5.41, 5.74) is 1.33. The first-order valence-electron chi connectivity index (χ1n) is 9.15. The van der Waals surface area contributed by atoms with Gasteiger partial charge in [0.15, 0.2) is 5.85 Å². The second-order valence-corrected chi connectivity index (χ2v) is 9.64. The van der Waals surface area contributed by atoms with E-state index in [0.717, 1.165) is 5.69 Å². The number of nitrogens with zero attached hydrogens (tertiary/aromatic N) is 1. The largest absolute Gasteiger partial charge is 0.497 e. The maximum atomic E-state index is 14.0. The van der Waals surface area contributed by atoms with Gasteiger partial charge in [0.05, 0.1) is 20.8 Å². The highest BCUT2D eigenvalue weighted by Crippen LogP contribution is 2.59. The zero-order valence-corrected chi connectivity index (χ0v) is 18.3. The van der Waals surface area contributed by atoms with Crippen LogP contribution in [0.2, 0.25) is 0 Å². The summed E-state index contributed by atoms with van der Waals surface area (Å²) in [6.07, 6.45) is 0. The van der Waals surface area contributed by atoms with Crippen LogP contribution in [-0.2, 0) is 9.09 Å². The lowest BCUT2D eigenvalue weighted by atomic mass is 10.2. The molecule has 0 heterocycles. The number of methoxy groups -OCH3 is 2. The molecule has 0 bridgehead atoms. The van der Waals surface area contributed by atoms with Crippen molar-refractivity contribution in [2.24, 2.45) is 5.92 Å². The average Bonchev–Trinajstić information content (AvgIpc) is 2.70. The zero-order valence-electron chi connectivity index (χ0n) is 17.4. The number of anilines is 1. The highest BCUT2D eigenvalue weighted by atomic mass is 31.2. The molecule has 2 aromatic rings. The van der Waals surface area contributed by atoms with Crippen LogP contribution in [0.15, 0.2) is 42.5 Å². The van der Waals surface area contributed by atoms with E-state index in [2.05, 4.69) is 0 Å². The quantitative estimate of drug-likeness (QED) is 0.633. The van der Waals surface area contributed by atoms with Gasteiger partial charge in [0.25, 0.3) is 7.37 Å². The third-order valence-electron chi connectivity index (χ3n) is 4.36. The predicted molar refractivity (Wildman–Crippen MR) is 113 cm³/mol. The standard InChI is InChI=1S/C21H30NO5P/c1-15(2)14-27-28(24,18-10-7-16(8-11-18)22(3)4)21(23)19-13-17(25-5)9-12-20(19)26-6/h7-13,15,21,23H,14H2,1-6H3/t21-,28+/m0/s1. The molecule has 6 nitrogen and oxygen atoms in total. The molecule has 0 aliphatic rings. The van der Waals surface area contributed by atoms with Crippen LogP contribution < -0.4 is 19.7 Å². The average molecular weight is 407 g/mol. The molecule has 0 aliphatic carbocycles. The van der Waals surface area contributed by atoms with Crippen molar-refractivity contribution in [3.8, 4) is 11.5 Å². The van der Waals surface area contributed by atoms with Crippen LogP contribution >= 0.6 is 7.37 Å². The molecule has 0 amide bonds. The van der Waals surface area contributed by atoms with Gasteiger partial charge in [-0.1, -0.05) is 13.8 Å². The van der Waals surface area contributed by atoms with Gasteiger partial charge in [-0.05, 0) is 48.4 Å². The highest BCUT2D eigenvalue weighted by molar-refractivity contribution is 7.67. The van der Waals surface area contributed by atoms with Crippen molar-refractivity contribution in [1.82, 2.24) is 0 Å². The fraction of sp³-hybridized carbons (Fsp3) is 0.429. The van der Waals surface area contributed by atoms with Gasteiger partial charge in [-0.15, -0.1) is 0 Å². The normalized spacial score (nSPS) is 14.4. The molecule has 0 spiro atoms. The lowest BCUT2D eigenvalue weighted by molar-refractivity contribution is 0.199. The Bertz CT molecular complexity index is 820. The van der Waals surface area contributed by atoms with Gasteiger partial charge in [0.2, 0.25) is 0 Å². The van der Waals surface area contributed by atoms with Crippen molar-refractivity contribution in [2.75, 3.05) is 39.8 Å². The van der Waals surface area contributed by atoms with Crippen molar-refractivity contribution < 1.29 is 23.7 Å². The number of hydrogen-bond acceptors (Lipinski definition) is 6. The van der Waals surface area contributed by atoms with E-state index >= 15 is 0 Å². The Balaban J connectivity index is 2.54. The molecule has 0 saturated carbocycles. The summed E-state index contributed by atoms with van der Waals surface area (Å²) in [7, 11) is 3.24. The van der Waals surface area contributed by atoms with E-state index in [1.54, 1.807) is 30.3 Å². The van der Waals surface area contributed by atoms with Crippen LogP contribution in [0.5, 0.6) is 11.5 Å². The highest BCUT2D eigenvalue weighted by Gasteiger charge is 2.38. The molecule has 0 fully saturated rings. The Kier molecular flexibility index (Phi) is 7.53. The molecule has 2 rings (SSSR count). The van der Waals surface area contributed by atoms with E-state index in [1.807, 2.05) is 45.0 Å². The van der Waals surface area contributed by atoms with Gasteiger partial charge in [-0.2, -0.15) is 0 Å². The fourth-order valence-electron chi connectivity index (χ4n) is 2.73. The van der Waals surface area contributed by atoms with Crippen molar-refractivity contribution in [3.63, 3.8) is 0 Å². The molecule has 0 radical (unpaired) electrons. The summed E-state index contributed by atoms with van der Waals surface area (Å²) < 4.78 is 30.5. The van der Waals surface area contributed by atoms with Gasteiger partial charge >= 0.3 is 0 Å². The molecule has 28 heavy (non-hydrogen) atoms. The van der Waals surface area contributed by atoms with Gasteiger partial charge in [-0.3, -0.25) is 4.57 Å². The number of benzene rings is 2. The maximum absolute atomic E-state index is 14.0. The number of rotatable bonds is 9. The molecule has 0 aliphatic heterocycles. The molecule has 7 heteroatoms. The molecular weight excluding hydrogens is 377 g/mol. The van der Waals surface area contributed by atoms with E-state index in [4.69, 9.17) is 14.0 Å². The van der Waals surface area contributed by atoms with E-state index < -0.39 is 13.2 Å². The summed E-state index contributed by atoms with van der Waals surface area (Å²) in [4.78, 5) is 1.95. The van der Waals surface area contributed by atoms with Crippen LogP contribution in [0.3, 0.4) is 0 Å². The Morgan fingerprint density at radius 2 is 1.68 bits per heavy atom. The van der Waals surface area contributed by atoms with Crippen LogP contribution in [0.1, 0.15) is 25.3 Å². The summed E-state index contributed by atoms with van der Waals surface area (Å²) in [5.74, 6) is -0.268. The number of aliphatic hydroxyl groups excluding tert-OH is 1. The van der Waals surface area contributed by atoms with Gasteiger partial charge in [0, 0.05) is 30.7 Å². The number of aliphatic hydroxyl groups is 1. The molecule has 0 unspecified atom stereocenters. The second-order valence-electron chi connectivity index (χ2n) is 7.18. The van der Waals surface area contributed by atoms with E-state index in [9.17, 15) is 9.67 Å². The van der Waals surface area contributed by atoms with Gasteiger partial charge < -0.3 is 24.0 Å². The molecular formula is C21H30NO5P. The first kappa shape index (κ1) is 22.3. The van der Waals surface area contributed by atoms with E-state index in [0.29, 0.717) is 22.4 Å². The first-order chi connectivity index (χ1) is 13.2. The molecule has 2 atom stereocenters. The summed E-state index contributed by atoms with van der Waals surface area (Å²) >= 11 is 0. The minimum absolute atomic E-state index is 0.161. The second kappa shape index (κ2) is 9.46. The predicted octanol–water partition coefficient (Wildman–Crippen LogP) is 4.04. The lowest BCUT2D eigenvalue weighted by Crippen LogP contribution is -2.18. The van der Waals surface area contributed by atoms with Gasteiger partial charge in [-0.25, -0.2) is 0 Å². The van der Waals surface area contributed by atoms with Crippen molar-refractivity contribution >= 4 is 18.4 Å². The Labute approximate surface area is 167 Å². The maximum Gasteiger partial charge on any atom is 0.264 e.